The average molecular weight is 369 g/mol. The fourth-order valence-electron chi connectivity index (χ4n) is 3.54. The minimum Gasteiger partial charge on any atom is -0.422 e. The van der Waals surface area contributed by atoms with Gasteiger partial charge in [-0.1, -0.05) is 35.9 Å². The largest absolute Gasteiger partial charge is 0.422 e. The van der Waals surface area contributed by atoms with Crippen LogP contribution in [0, 0.1) is 6.92 Å². The highest BCUT2D eigenvalue weighted by Crippen LogP contribution is 2.27. The van der Waals surface area contributed by atoms with Crippen LogP contribution in [0.2, 0.25) is 5.02 Å². The van der Waals surface area contributed by atoms with Crippen LogP contribution in [-0.4, -0.2) is 31.1 Å². The van der Waals surface area contributed by atoms with Crippen molar-refractivity contribution in [3.63, 3.8) is 0 Å². The Balaban J connectivity index is 1.46. The average Bonchev–Trinajstić information content (AvgIpc) is 2.65. The van der Waals surface area contributed by atoms with E-state index >= 15 is 0 Å². The van der Waals surface area contributed by atoms with Crippen LogP contribution in [0.4, 0.5) is 5.69 Å². The molecule has 0 N–H and O–H groups in total. The van der Waals surface area contributed by atoms with Gasteiger partial charge in [-0.3, -0.25) is 4.90 Å². The quantitative estimate of drug-likeness (QED) is 0.653. The number of fused-ring (bicyclic) bond motifs is 1. The summed E-state index contributed by atoms with van der Waals surface area (Å²) in [6.07, 6.45) is 0. The molecule has 1 aliphatic heterocycles. The van der Waals surface area contributed by atoms with Gasteiger partial charge in [0, 0.05) is 48.8 Å². The summed E-state index contributed by atoms with van der Waals surface area (Å²) in [5.41, 5.74) is 3.44. The van der Waals surface area contributed by atoms with Crippen LogP contribution in [0.15, 0.2) is 57.7 Å². The maximum absolute atomic E-state index is 12.3. The van der Waals surface area contributed by atoms with Crippen LogP contribution < -0.4 is 10.5 Å². The summed E-state index contributed by atoms with van der Waals surface area (Å²) in [6, 6.07) is 15.6. The molecule has 3 aromatic rings. The molecule has 0 spiro atoms. The second-order valence-corrected chi connectivity index (χ2v) is 7.15. The van der Waals surface area contributed by atoms with Gasteiger partial charge in [0.1, 0.15) is 5.58 Å². The van der Waals surface area contributed by atoms with E-state index in [1.807, 2.05) is 42.5 Å². The zero-order valence-electron chi connectivity index (χ0n) is 14.7. The van der Waals surface area contributed by atoms with Crippen LogP contribution >= 0.6 is 11.6 Å². The standard InChI is InChI=1S/C21H21ClN2O2/c1-15-18(22)6-4-7-19(15)24-11-9-23(10-12-24)14-17-13-16-5-2-3-8-20(16)26-21(17)25/h2-8,13H,9-12,14H2,1H3. The summed E-state index contributed by atoms with van der Waals surface area (Å²) in [5.74, 6) is 0. The molecule has 4 nitrogen and oxygen atoms in total. The van der Waals surface area contributed by atoms with Crippen molar-refractivity contribution in [2.24, 2.45) is 0 Å². The number of benzene rings is 2. The zero-order chi connectivity index (χ0) is 18.1. The number of para-hydroxylation sites is 1. The Morgan fingerprint density at radius 1 is 1.04 bits per heavy atom. The predicted molar refractivity (Wildman–Crippen MR) is 106 cm³/mol. The molecule has 0 aliphatic carbocycles. The molecule has 1 fully saturated rings. The lowest BCUT2D eigenvalue weighted by Gasteiger charge is -2.36. The van der Waals surface area contributed by atoms with E-state index in [-0.39, 0.29) is 5.63 Å². The van der Waals surface area contributed by atoms with Crippen molar-refractivity contribution in [3.05, 3.63) is 75.1 Å². The molecule has 0 bridgehead atoms. The van der Waals surface area contributed by atoms with Gasteiger partial charge in [0.05, 0.1) is 5.56 Å². The number of hydrogen-bond acceptors (Lipinski definition) is 4. The van der Waals surface area contributed by atoms with Crippen molar-refractivity contribution in [1.82, 2.24) is 4.90 Å². The zero-order valence-corrected chi connectivity index (χ0v) is 15.5. The van der Waals surface area contributed by atoms with Crippen LogP contribution in [0.3, 0.4) is 0 Å². The van der Waals surface area contributed by atoms with Gasteiger partial charge in [0.25, 0.3) is 0 Å². The number of halogens is 1. The second kappa shape index (κ2) is 7.14. The van der Waals surface area contributed by atoms with Crippen molar-refractivity contribution in [1.29, 1.82) is 0 Å². The number of piperazine rings is 1. The lowest BCUT2D eigenvalue weighted by Crippen LogP contribution is -2.46. The van der Waals surface area contributed by atoms with E-state index in [2.05, 4.69) is 22.8 Å². The molecule has 5 heteroatoms. The fourth-order valence-corrected chi connectivity index (χ4v) is 3.71. The Bertz CT molecular complexity index is 991. The molecule has 4 rings (SSSR count). The molecule has 0 unspecified atom stereocenters. The van der Waals surface area contributed by atoms with E-state index in [9.17, 15) is 4.79 Å². The highest BCUT2D eigenvalue weighted by molar-refractivity contribution is 6.31. The van der Waals surface area contributed by atoms with Crippen LogP contribution in [0.5, 0.6) is 0 Å². The van der Waals surface area contributed by atoms with Crippen molar-refractivity contribution in [2.75, 3.05) is 31.1 Å². The van der Waals surface area contributed by atoms with E-state index in [1.54, 1.807) is 0 Å². The molecular formula is C21H21ClN2O2. The Kier molecular flexibility index (Phi) is 4.70. The molecule has 134 valence electrons. The number of rotatable bonds is 3. The predicted octanol–water partition coefficient (Wildman–Crippen LogP) is 4.08. The van der Waals surface area contributed by atoms with Gasteiger partial charge < -0.3 is 9.32 Å². The molecule has 1 saturated heterocycles. The molecule has 0 saturated carbocycles. The highest BCUT2D eigenvalue weighted by atomic mass is 35.5. The lowest BCUT2D eigenvalue weighted by atomic mass is 10.1. The van der Waals surface area contributed by atoms with Crippen LogP contribution in [0.1, 0.15) is 11.1 Å². The smallest absolute Gasteiger partial charge is 0.340 e. The van der Waals surface area contributed by atoms with Crippen molar-refractivity contribution in [2.45, 2.75) is 13.5 Å². The topological polar surface area (TPSA) is 36.7 Å². The molecule has 0 radical (unpaired) electrons. The summed E-state index contributed by atoms with van der Waals surface area (Å²) in [5, 5.41) is 1.77. The molecule has 2 aromatic carbocycles. The van der Waals surface area contributed by atoms with Gasteiger partial charge >= 0.3 is 5.63 Å². The maximum atomic E-state index is 12.3. The summed E-state index contributed by atoms with van der Waals surface area (Å²) in [7, 11) is 0. The summed E-state index contributed by atoms with van der Waals surface area (Å²) in [4.78, 5) is 16.9. The van der Waals surface area contributed by atoms with Gasteiger partial charge in [-0.25, -0.2) is 4.79 Å². The maximum Gasteiger partial charge on any atom is 0.340 e. The highest BCUT2D eigenvalue weighted by Gasteiger charge is 2.20. The van der Waals surface area contributed by atoms with Gasteiger partial charge in [-0.05, 0) is 36.8 Å². The van der Waals surface area contributed by atoms with Crippen molar-refractivity contribution >= 4 is 28.3 Å². The third kappa shape index (κ3) is 3.35. The van der Waals surface area contributed by atoms with Gasteiger partial charge in [0.2, 0.25) is 0 Å². The third-order valence-electron chi connectivity index (χ3n) is 5.06. The Hall–Kier alpha value is -2.30. The Morgan fingerprint density at radius 2 is 1.81 bits per heavy atom. The number of anilines is 1. The van der Waals surface area contributed by atoms with E-state index in [1.165, 1.54) is 5.69 Å². The first-order valence-corrected chi connectivity index (χ1v) is 9.24. The number of nitrogens with zero attached hydrogens (tertiary/aromatic N) is 2. The van der Waals surface area contributed by atoms with Crippen molar-refractivity contribution < 1.29 is 4.42 Å². The van der Waals surface area contributed by atoms with E-state index in [0.29, 0.717) is 12.1 Å². The first kappa shape index (κ1) is 17.1. The second-order valence-electron chi connectivity index (χ2n) is 6.74. The van der Waals surface area contributed by atoms with Gasteiger partial charge in [0.15, 0.2) is 0 Å². The molecule has 0 amide bonds. The minimum absolute atomic E-state index is 0.239. The number of hydrogen-bond donors (Lipinski definition) is 0. The summed E-state index contributed by atoms with van der Waals surface area (Å²) in [6.45, 7) is 6.32. The first-order valence-electron chi connectivity index (χ1n) is 8.86. The minimum atomic E-state index is -0.239. The molecule has 1 aromatic heterocycles. The molecule has 26 heavy (non-hydrogen) atoms. The third-order valence-corrected chi connectivity index (χ3v) is 5.47. The lowest BCUT2D eigenvalue weighted by molar-refractivity contribution is 0.247. The van der Waals surface area contributed by atoms with E-state index < -0.39 is 0 Å². The van der Waals surface area contributed by atoms with Crippen LogP contribution in [0.25, 0.3) is 11.0 Å². The molecule has 2 heterocycles. The Labute approximate surface area is 157 Å². The van der Waals surface area contributed by atoms with E-state index in [4.69, 9.17) is 16.0 Å². The molecular weight excluding hydrogens is 348 g/mol. The summed E-state index contributed by atoms with van der Waals surface area (Å²) >= 11 is 6.25. The summed E-state index contributed by atoms with van der Waals surface area (Å²) < 4.78 is 5.45. The Morgan fingerprint density at radius 3 is 2.62 bits per heavy atom. The van der Waals surface area contributed by atoms with Gasteiger partial charge in [-0.15, -0.1) is 0 Å². The monoisotopic (exact) mass is 368 g/mol. The first-order chi connectivity index (χ1) is 12.6. The normalized spacial score (nSPS) is 15.5. The molecule has 0 atom stereocenters. The molecule has 1 aliphatic rings. The fraction of sp³-hybridized carbons (Fsp3) is 0.286. The van der Waals surface area contributed by atoms with Crippen LogP contribution in [-0.2, 0) is 6.54 Å². The van der Waals surface area contributed by atoms with Gasteiger partial charge in [-0.2, -0.15) is 0 Å². The van der Waals surface area contributed by atoms with Crippen molar-refractivity contribution in [3.8, 4) is 0 Å². The van der Waals surface area contributed by atoms with E-state index in [0.717, 1.165) is 47.7 Å². The SMILES string of the molecule is Cc1c(Cl)cccc1N1CCN(Cc2cc3ccccc3oc2=O)CC1.